The normalized spacial score (nSPS) is 21.9. The van der Waals surface area contributed by atoms with Gasteiger partial charge in [-0.3, -0.25) is 0 Å². The smallest absolute Gasteiger partial charge is 0.257 e. The van der Waals surface area contributed by atoms with E-state index in [0.29, 0.717) is 5.17 Å². The first-order chi connectivity index (χ1) is 5.83. The van der Waals surface area contributed by atoms with Gasteiger partial charge in [0.15, 0.2) is 0 Å². The van der Waals surface area contributed by atoms with Crippen LogP contribution in [0, 0.1) is 0 Å². The fourth-order valence-electron chi connectivity index (χ4n) is 1.20. The molecule has 3 heteroatoms. The van der Waals surface area contributed by atoms with Crippen LogP contribution in [0.15, 0.2) is 12.2 Å². The van der Waals surface area contributed by atoms with Crippen LogP contribution >= 0.6 is 12.2 Å². The number of thiocarbonyl (C=S) groups is 1. The molecule has 0 bridgehead atoms. The van der Waals surface area contributed by atoms with Crippen LogP contribution in [-0.2, 0) is 4.74 Å². The topological polar surface area (TPSA) is 21.3 Å². The first-order valence-electron chi connectivity index (χ1n) is 4.44. The second-order valence-electron chi connectivity index (χ2n) is 2.83. The van der Waals surface area contributed by atoms with Crippen molar-refractivity contribution in [3.63, 3.8) is 0 Å². The zero-order chi connectivity index (χ0) is 8.81. The Kier molecular flexibility index (Phi) is 4.08. The van der Waals surface area contributed by atoms with Crippen LogP contribution in [0.3, 0.4) is 0 Å². The Morgan fingerprint density at radius 2 is 2.58 bits per heavy atom. The molecule has 0 aromatic heterocycles. The van der Waals surface area contributed by atoms with Gasteiger partial charge in [0.25, 0.3) is 5.17 Å². The van der Waals surface area contributed by atoms with E-state index >= 15 is 0 Å². The summed E-state index contributed by atoms with van der Waals surface area (Å²) in [5.74, 6) is 0. The maximum absolute atomic E-state index is 5.47. The molecule has 1 aliphatic carbocycles. The number of hydrogen-bond acceptors (Lipinski definition) is 2. The minimum absolute atomic E-state index is 0.199. The highest BCUT2D eigenvalue weighted by Crippen LogP contribution is 2.13. The third kappa shape index (κ3) is 3.22. The van der Waals surface area contributed by atoms with E-state index in [1.165, 1.54) is 12.8 Å². The average Bonchev–Trinajstić information content (AvgIpc) is 2.06. The van der Waals surface area contributed by atoms with Crippen LogP contribution in [0.25, 0.3) is 0 Å². The van der Waals surface area contributed by atoms with Crippen molar-refractivity contribution in [1.82, 2.24) is 5.32 Å². The van der Waals surface area contributed by atoms with Crippen molar-refractivity contribution in [2.75, 3.05) is 6.54 Å². The van der Waals surface area contributed by atoms with Crippen molar-refractivity contribution in [3.05, 3.63) is 12.2 Å². The Morgan fingerprint density at radius 1 is 1.75 bits per heavy atom. The first-order valence-corrected chi connectivity index (χ1v) is 4.85. The Labute approximate surface area is 79.0 Å². The van der Waals surface area contributed by atoms with Crippen molar-refractivity contribution in [1.29, 1.82) is 0 Å². The molecule has 0 aromatic rings. The summed E-state index contributed by atoms with van der Waals surface area (Å²) in [6.07, 6.45) is 7.91. The molecule has 2 nitrogen and oxygen atoms in total. The van der Waals surface area contributed by atoms with Crippen LogP contribution in [0.5, 0.6) is 0 Å². The molecule has 0 unspecified atom stereocenters. The SMILES string of the molecule is CCNC(=S)O[C@H]1C=CCCC1. The van der Waals surface area contributed by atoms with Gasteiger partial charge >= 0.3 is 0 Å². The van der Waals surface area contributed by atoms with Gasteiger partial charge in [-0.2, -0.15) is 0 Å². The first kappa shape index (κ1) is 9.52. The number of ether oxygens (including phenoxy) is 1. The van der Waals surface area contributed by atoms with Gasteiger partial charge in [-0.15, -0.1) is 0 Å². The molecule has 0 radical (unpaired) electrons. The minimum atomic E-state index is 0.199. The summed E-state index contributed by atoms with van der Waals surface area (Å²) < 4.78 is 5.47. The van der Waals surface area contributed by atoms with Crippen LogP contribution in [0.4, 0.5) is 0 Å². The van der Waals surface area contributed by atoms with Crippen molar-refractivity contribution in [3.8, 4) is 0 Å². The van der Waals surface area contributed by atoms with Crippen molar-refractivity contribution < 1.29 is 4.74 Å². The molecule has 1 aliphatic rings. The molecule has 0 saturated carbocycles. The molecule has 68 valence electrons. The number of rotatable bonds is 2. The van der Waals surface area contributed by atoms with Gasteiger partial charge in [0.1, 0.15) is 6.10 Å². The summed E-state index contributed by atoms with van der Waals surface area (Å²) in [4.78, 5) is 0. The van der Waals surface area contributed by atoms with E-state index in [2.05, 4.69) is 17.5 Å². The number of hydrogen-bond donors (Lipinski definition) is 1. The van der Waals surface area contributed by atoms with Gasteiger partial charge in [0.05, 0.1) is 0 Å². The fraction of sp³-hybridized carbons (Fsp3) is 0.667. The zero-order valence-corrected chi connectivity index (χ0v) is 8.19. The second-order valence-corrected chi connectivity index (χ2v) is 3.20. The summed E-state index contributed by atoms with van der Waals surface area (Å²) in [5.41, 5.74) is 0. The lowest BCUT2D eigenvalue weighted by atomic mass is 10.1. The van der Waals surface area contributed by atoms with Crippen LogP contribution in [0.1, 0.15) is 26.2 Å². The average molecular weight is 185 g/mol. The Balaban J connectivity index is 2.25. The maximum Gasteiger partial charge on any atom is 0.257 e. The third-order valence-electron chi connectivity index (χ3n) is 1.79. The second kappa shape index (κ2) is 5.14. The summed E-state index contributed by atoms with van der Waals surface area (Å²) >= 11 is 4.97. The summed E-state index contributed by atoms with van der Waals surface area (Å²) in [7, 11) is 0. The molecule has 1 rings (SSSR count). The molecule has 0 spiro atoms. The van der Waals surface area contributed by atoms with Crippen molar-refractivity contribution in [2.45, 2.75) is 32.3 Å². The summed E-state index contributed by atoms with van der Waals surface area (Å²) in [5, 5.41) is 3.49. The van der Waals surface area contributed by atoms with Gasteiger partial charge in [-0.05, 0) is 44.5 Å². The molecule has 1 N–H and O–H groups in total. The van der Waals surface area contributed by atoms with E-state index in [0.717, 1.165) is 13.0 Å². The van der Waals surface area contributed by atoms with Crippen LogP contribution < -0.4 is 5.32 Å². The molecule has 12 heavy (non-hydrogen) atoms. The van der Waals surface area contributed by atoms with E-state index in [1.54, 1.807) is 0 Å². The lowest BCUT2D eigenvalue weighted by Crippen LogP contribution is -2.28. The quantitative estimate of drug-likeness (QED) is 0.525. The van der Waals surface area contributed by atoms with E-state index in [4.69, 9.17) is 17.0 Å². The molecular formula is C9H15NOS. The maximum atomic E-state index is 5.47. The molecule has 0 aliphatic heterocycles. The largest absolute Gasteiger partial charge is 0.464 e. The van der Waals surface area contributed by atoms with Gasteiger partial charge in [-0.1, -0.05) is 6.08 Å². The fourth-order valence-corrected chi connectivity index (χ4v) is 1.47. The number of nitrogens with one attached hydrogen (secondary N) is 1. The highest BCUT2D eigenvalue weighted by molar-refractivity contribution is 7.80. The minimum Gasteiger partial charge on any atom is -0.464 e. The summed E-state index contributed by atoms with van der Waals surface area (Å²) in [6.45, 7) is 2.83. The number of allylic oxidation sites excluding steroid dienone is 1. The van der Waals surface area contributed by atoms with Gasteiger partial charge in [0, 0.05) is 6.54 Å². The third-order valence-corrected chi connectivity index (χ3v) is 2.03. The Hall–Kier alpha value is -0.570. The van der Waals surface area contributed by atoms with E-state index < -0.39 is 0 Å². The van der Waals surface area contributed by atoms with Gasteiger partial charge in [-0.25, -0.2) is 0 Å². The molecule has 0 heterocycles. The zero-order valence-electron chi connectivity index (χ0n) is 7.38. The van der Waals surface area contributed by atoms with E-state index in [9.17, 15) is 0 Å². The van der Waals surface area contributed by atoms with Crippen LogP contribution in [-0.4, -0.2) is 17.8 Å². The lowest BCUT2D eigenvalue weighted by molar-refractivity contribution is 0.213. The molecule has 1 atom stereocenters. The van der Waals surface area contributed by atoms with E-state index in [1.807, 2.05) is 6.92 Å². The van der Waals surface area contributed by atoms with E-state index in [-0.39, 0.29) is 6.10 Å². The van der Waals surface area contributed by atoms with Gasteiger partial charge in [0.2, 0.25) is 0 Å². The van der Waals surface area contributed by atoms with Gasteiger partial charge < -0.3 is 10.1 Å². The predicted molar refractivity (Wildman–Crippen MR) is 54.1 cm³/mol. The predicted octanol–water partition coefficient (Wildman–Crippen LogP) is 2.01. The molecule has 0 saturated heterocycles. The standard InChI is InChI=1S/C9H15NOS/c1-2-10-9(12)11-8-6-4-3-5-7-8/h4,6,8H,2-3,5,7H2,1H3,(H,10,12)/t8-/m0/s1. The lowest BCUT2D eigenvalue weighted by Gasteiger charge is -2.18. The molecule has 0 fully saturated rings. The monoisotopic (exact) mass is 185 g/mol. The highest BCUT2D eigenvalue weighted by atomic mass is 32.1. The van der Waals surface area contributed by atoms with Crippen LogP contribution in [0.2, 0.25) is 0 Å². The highest BCUT2D eigenvalue weighted by Gasteiger charge is 2.10. The Bertz CT molecular complexity index is 179. The molecule has 0 aromatic carbocycles. The molecule has 0 amide bonds. The Morgan fingerprint density at radius 3 is 3.17 bits per heavy atom. The molecular weight excluding hydrogens is 170 g/mol. The van der Waals surface area contributed by atoms with Crippen molar-refractivity contribution >= 4 is 17.4 Å². The summed E-state index contributed by atoms with van der Waals surface area (Å²) in [6, 6.07) is 0. The van der Waals surface area contributed by atoms with Crippen molar-refractivity contribution in [2.24, 2.45) is 0 Å².